The van der Waals surface area contributed by atoms with Gasteiger partial charge < -0.3 is 5.32 Å². The van der Waals surface area contributed by atoms with Crippen LogP contribution in [0.5, 0.6) is 0 Å². The molecule has 1 aromatic rings. The maximum absolute atomic E-state index is 13.6. The number of hydrogen-bond donors (Lipinski definition) is 2. The molecule has 2 rings (SSSR count). The lowest BCUT2D eigenvalue weighted by Crippen LogP contribution is -2.28. The van der Waals surface area contributed by atoms with E-state index in [0.29, 0.717) is 18.5 Å². The van der Waals surface area contributed by atoms with Crippen LogP contribution in [0, 0.1) is 11.7 Å². The number of rotatable bonds is 5. The average molecular weight is 335 g/mol. The molecule has 1 saturated carbocycles. The maximum atomic E-state index is 13.6. The van der Waals surface area contributed by atoms with Gasteiger partial charge in [0.2, 0.25) is 10.0 Å². The van der Waals surface area contributed by atoms with Gasteiger partial charge in [-0.05, 0) is 24.5 Å². The van der Waals surface area contributed by atoms with E-state index in [1.165, 1.54) is 6.42 Å². The molecule has 0 bridgehead atoms. The van der Waals surface area contributed by atoms with E-state index in [1.54, 1.807) is 0 Å². The SMILES string of the molecule is NS(=O)(=O)c1cc(F)c(Cl)c(C(=O)NCCC2CCC2)c1. The van der Waals surface area contributed by atoms with Crippen molar-refractivity contribution < 1.29 is 17.6 Å². The molecule has 0 radical (unpaired) electrons. The first-order chi connectivity index (χ1) is 9.79. The third-order valence-corrected chi connectivity index (χ3v) is 4.91. The van der Waals surface area contributed by atoms with Gasteiger partial charge in [-0.2, -0.15) is 0 Å². The smallest absolute Gasteiger partial charge is 0.252 e. The minimum absolute atomic E-state index is 0.227. The molecule has 1 aromatic carbocycles. The van der Waals surface area contributed by atoms with Crippen molar-refractivity contribution in [3.05, 3.63) is 28.5 Å². The van der Waals surface area contributed by atoms with Gasteiger partial charge in [-0.25, -0.2) is 17.9 Å². The number of sulfonamides is 1. The van der Waals surface area contributed by atoms with Crippen LogP contribution in [-0.2, 0) is 10.0 Å². The fraction of sp³-hybridized carbons (Fsp3) is 0.462. The predicted octanol–water partition coefficient (Wildman–Crippen LogP) is 2.05. The Morgan fingerprint density at radius 3 is 2.62 bits per heavy atom. The third-order valence-electron chi connectivity index (χ3n) is 3.64. The van der Waals surface area contributed by atoms with Crippen molar-refractivity contribution in [2.24, 2.45) is 11.1 Å². The van der Waals surface area contributed by atoms with E-state index >= 15 is 0 Å². The first kappa shape index (κ1) is 16.2. The van der Waals surface area contributed by atoms with Crippen LogP contribution in [0.3, 0.4) is 0 Å². The average Bonchev–Trinajstić information content (AvgIpc) is 2.33. The highest BCUT2D eigenvalue weighted by atomic mass is 35.5. The van der Waals surface area contributed by atoms with Crippen LogP contribution in [0.1, 0.15) is 36.0 Å². The number of hydrogen-bond acceptors (Lipinski definition) is 3. The van der Waals surface area contributed by atoms with E-state index in [9.17, 15) is 17.6 Å². The van der Waals surface area contributed by atoms with E-state index in [2.05, 4.69) is 5.32 Å². The van der Waals surface area contributed by atoms with Crippen molar-refractivity contribution in [2.75, 3.05) is 6.54 Å². The van der Waals surface area contributed by atoms with Crippen LogP contribution in [0.25, 0.3) is 0 Å². The molecule has 116 valence electrons. The monoisotopic (exact) mass is 334 g/mol. The van der Waals surface area contributed by atoms with Crippen LogP contribution in [0.2, 0.25) is 5.02 Å². The molecule has 1 aliphatic rings. The van der Waals surface area contributed by atoms with Gasteiger partial charge in [-0.1, -0.05) is 30.9 Å². The van der Waals surface area contributed by atoms with Crippen molar-refractivity contribution in [2.45, 2.75) is 30.6 Å². The molecule has 21 heavy (non-hydrogen) atoms. The molecule has 0 saturated heterocycles. The number of nitrogens with two attached hydrogens (primary N) is 1. The maximum Gasteiger partial charge on any atom is 0.252 e. The van der Waals surface area contributed by atoms with Gasteiger partial charge in [0, 0.05) is 6.54 Å². The summed E-state index contributed by atoms with van der Waals surface area (Å²) >= 11 is 5.72. The molecular weight excluding hydrogens is 319 g/mol. The van der Waals surface area contributed by atoms with Crippen molar-refractivity contribution in [1.82, 2.24) is 5.32 Å². The molecule has 0 atom stereocenters. The second-order valence-electron chi connectivity index (χ2n) is 5.15. The number of carbonyl (C=O) groups is 1. The molecular formula is C13H16ClFN2O3S. The van der Waals surface area contributed by atoms with Gasteiger partial charge in [0.25, 0.3) is 5.91 Å². The molecule has 1 amide bonds. The Morgan fingerprint density at radius 2 is 2.10 bits per heavy atom. The molecule has 0 spiro atoms. The van der Waals surface area contributed by atoms with Crippen molar-refractivity contribution in [3.8, 4) is 0 Å². The zero-order valence-corrected chi connectivity index (χ0v) is 12.8. The molecule has 0 aliphatic heterocycles. The Labute approximate surface area is 127 Å². The van der Waals surface area contributed by atoms with Crippen LogP contribution in [0.15, 0.2) is 17.0 Å². The Kier molecular flexibility index (Phi) is 4.85. The number of halogens is 2. The summed E-state index contributed by atoms with van der Waals surface area (Å²) in [6.07, 6.45) is 4.38. The van der Waals surface area contributed by atoms with Crippen LogP contribution >= 0.6 is 11.6 Å². The summed E-state index contributed by atoms with van der Waals surface area (Å²) in [5, 5.41) is 7.15. The van der Waals surface area contributed by atoms with Crippen molar-refractivity contribution >= 4 is 27.5 Å². The number of carbonyl (C=O) groups excluding carboxylic acids is 1. The van der Waals surface area contributed by atoms with E-state index in [-0.39, 0.29) is 5.56 Å². The lowest BCUT2D eigenvalue weighted by atomic mass is 9.83. The van der Waals surface area contributed by atoms with Crippen LogP contribution < -0.4 is 10.5 Å². The Balaban J connectivity index is 2.13. The summed E-state index contributed by atoms with van der Waals surface area (Å²) in [6.45, 7) is 0.445. The normalized spacial score (nSPS) is 15.6. The van der Waals surface area contributed by atoms with E-state index in [0.717, 1.165) is 25.3 Å². The topological polar surface area (TPSA) is 89.3 Å². The molecule has 5 nitrogen and oxygen atoms in total. The Hall–Kier alpha value is -1.18. The van der Waals surface area contributed by atoms with Gasteiger partial charge in [0.15, 0.2) is 0 Å². The number of benzene rings is 1. The van der Waals surface area contributed by atoms with E-state index in [4.69, 9.17) is 16.7 Å². The van der Waals surface area contributed by atoms with Crippen molar-refractivity contribution in [3.63, 3.8) is 0 Å². The number of amides is 1. The van der Waals surface area contributed by atoms with Gasteiger partial charge in [-0.15, -0.1) is 0 Å². The number of primary sulfonamides is 1. The first-order valence-electron chi connectivity index (χ1n) is 6.59. The van der Waals surface area contributed by atoms with Gasteiger partial charge in [-0.3, -0.25) is 4.79 Å². The fourth-order valence-corrected chi connectivity index (χ4v) is 2.90. The van der Waals surface area contributed by atoms with Crippen LogP contribution in [-0.4, -0.2) is 20.9 Å². The van der Waals surface area contributed by atoms with Gasteiger partial charge in [0.1, 0.15) is 5.82 Å². The van der Waals surface area contributed by atoms with Gasteiger partial charge in [0.05, 0.1) is 15.5 Å². The molecule has 0 aromatic heterocycles. The van der Waals surface area contributed by atoms with E-state index < -0.39 is 31.7 Å². The quantitative estimate of drug-likeness (QED) is 0.863. The summed E-state index contributed by atoms with van der Waals surface area (Å²) in [5.41, 5.74) is -0.227. The van der Waals surface area contributed by atoms with E-state index in [1.807, 2.05) is 0 Å². The summed E-state index contributed by atoms with van der Waals surface area (Å²) < 4.78 is 36.1. The second-order valence-corrected chi connectivity index (χ2v) is 7.09. The van der Waals surface area contributed by atoms with Crippen LogP contribution in [0.4, 0.5) is 4.39 Å². The minimum atomic E-state index is -4.11. The summed E-state index contributed by atoms with van der Waals surface area (Å²) in [5.74, 6) is -0.982. The lowest BCUT2D eigenvalue weighted by Gasteiger charge is -2.25. The second kappa shape index (κ2) is 6.29. The van der Waals surface area contributed by atoms with Crippen molar-refractivity contribution in [1.29, 1.82) is 0 Å². The third kappa shape index (κ3) is 3.93. The predicted molar refractivity (Wildman–Crippen MR) is 77.1 cm³/mol. The Bertz CT molecular complexity index is 660. The Morgan fingerprint density at radius 1 is 1.43 bits per heavy atom. The molecule has 8 heteroatoms. The zero-order chi connectivity index (χ0) is 15.6. The summed E-state index contributed by atoms with van der Waals surface area (Å²) in [4.78, 5) is 11.5. The molecule has 1 aliphatic carbocycles. The summed E-state index contributed by atoms with van der Waals surface area (Å²) in [6, 6.07) is 1.68. The largest absolute Gasteiger partial charge is 0.352 e. The summed E-state index contributed by atoms with van der Waals surface area (Å²) in [7, 11) is -4.11. The van der Waals surface area contributed by atoms with Gasteiger partial charge >= 0.3 is 0 Å². The molecule has 0 heterocycles. The highest BCUT2D eigenvalue weighted by Gasteiger charge is 2.21. The molecule has 3 N–H and O–H groups in total. The number of nitrogens with one attached hydrogen (secondary N) is 1. The molecule has 1 fully saturated rings. The lowest BCUT2D eigenvalue weighted by molar-refractivity contribution is 0.0948. The zero-order valence-electron chi connectivity index (χ0n) is 11.2. The molecule has 0 unspecified atom stereocenters. The minimum Gasteiger partial charge on any atom is -0.352 e. The first-order valence-corrected chi connectivity index (χ1v) is 8.51. The fourth-order valence-electron chi connectivity index (χ4n) is 2.16. The highest BCUT2D eigenvalue weighted by Crippen LogP contribution is 2.29. The highest BCUT2D eigenvalue weighted by molar-refractivity contribution is 7.89. The standard InChI is InChI=1S/C13H16ClFN2O3S/c14-12-10(6-9(7-11(12)15)21(16,19)20)13(18)17-5-4-8-2-1-3-8/h6-8H,1-5H2,(H,17,18)(H2,16,19,20).